The van der Waals surface area contributed by atoms with E-state index in [1.54, 1.807) is 0 Å². The van der Waals surface area contributed by atoms with Crippen LogP contribution in [0, 0.1) is 0 Å². The van der Waals surface area contributed by atoms with Crippen LogP contribution in [0.2, 0.25) is 0 Å². The zero-order chi connectivity index (χ0) is 52.9. The standard InChI is InChI=1S/C67H124O6/c1-4-7-10-13-16-19-22-25-27-29-31-32-33-34-35-36-37-39-40-42-45-48-51-54-57-60-66(69)72-63-64(62-71-65(68)59-56-53-50-47-44-24-21-18-15-12-9-6-3)73-67(70)61-58-55-52-49-46-43-41-38-30-28-26-23-20-17-14-11-8-5-2/h22,25,28-31,64H,4-21,23-24,26-27,32-63H2,1-3H3/b25-22-,30-28-,31-29-. The van der Waals surface area contributed by atoms with Gasteiger partial charge in [0.1, 0.15) is 13.2 Å². The molecule has 0 bridgehead atoms. The summed E-state index contributed by atoms with van der Waals surface area (Å²) >= 11 is 0. The summed E-state index contributed by atoms with van der Waals surface area (Å²) in [6.07, 6.45) is 75.8. The quantitative estimate of drug-likeness (QED) is 0.0261. The third-order valence-electron chi connectivity index (χ3n) is 14.6. The van der Waals surface area contributed by atoms with Gasteiger partial charge in [0.25, 0.3) is 0 Å². The monoisotopic (exact) mass is 1020 g/mol. The molecule has 0 fully saturated rings. The molecule has 1 unspecified atom stereocenters. The van der Waals surface area contributed by atoms with E-state index in [2.05, 4.69) is 57.2 Å². The molecule has 0 aromatic carbocycles. The molecule has 428 valence electrons. The average molecular weight is 1030 g/mol. The van der Waals surface area contributed by atoms with Gasteiger partial charge in [0.05, 0.1) is 0 Å². The van der Waals surface area contributed by atoms with Crippen molar-refractivity contribution in [2.24, 2.45) is 0 Å². The highest BCUT2D eigenvalue weighted by atomic mass is 16.6. The highest BCUT2D eigenvalue weighted by Gasteiger charge is 2.19. The Labute approximate surface area is 455 Å². The summed E-state index contributed by atoms with van der Waals surface area (Å²) in [6, 6.07) is 0. The van der Waals surface area contributed by atoms with Crippen molar-refractivity contribution in [1.82, 2.24) is 0 Å². The van der Waals surface area contributed by atoms with Crippen molar-refractivity contribution in [1.29, 1.82) is 0 Å². The predicted molar refractivity (Wildman–Crippen MR) is 316 cm³/mol. The van der Waals surface area contributed by atoms with Gasteiger partial charge in [-0.25, -0.2) is 0 Å². The summed E-state index contributed by atoms with van der Waals surface area (Å²) < 4.78 is 16.9. The van der Waals surface area contributed by atoms with Gasteiger partial charge in [0.15, 0.2) is 6.10 Å². The minimum Gasteiger partial charge on any atom is -0.462 e. The van der Waals surface area contributed by atoms with Crippen LogP contribution < -0.4 is 0 Å². The fraction of sp³-hybridized carbons (Fsp3) is 0.866. The highest BCUT2D eigenvalue weighted by Crippen LogP contribution is 2.17. The molecular formula is C67H124O6. The minimum atomic E-state index is -0.772. The number of allylic oxidation sites excluding steroid dienone is 6. The van der Waals surface area contributed by atoms with Gasteiger partial charge < -0.3 is 14.2 Å². The van der Waals surface area contributed by atoms with Crippen molar-refractivity contribution in [3.8, 4) is 0 Å². The number of ether oxygens (including phenoxy) is 3. The number of carbonyl (C=O) groups is 3. The zero-order valence-corrected chi connectivity index (χ0v) is 49.2. The first kappa shape index (κ1) is 70.6. The van der Waals surface area contributed by atoms with E-state index in [1.807, 2.05) is 0 Å². The van der Waals surface area contributed by atoms with Gasteiger partial charge in [-0.3, -0.25) is 14.4 Å². The van der Waals surface area contributed by atoms with Crippen molar-refractivity contribution >= 4 is 17.9 Å². The minimum absolute atomic E-state index is 0.0694. The summed E-state index contributed by atoms with van der Waals surface area (Å²) in [5.74, 6) is -0.852. The molecule has 0 heterocycles. The molecule has 0 aliphatic heterocycles. The molecule has 0 aromatic heterocycles. The number of hydrogen-bond donors (Lipinski definition) is 0. The first-order chi connectivity index (χ1) is 36.0. The van der Waals surface area contributed by atoms with E-state index in [4.69, 9.17) is 14.2 Å². The highest BCUT2D eigenvalue weighted by molar-refractivity contribution is 5.71. The van der Waals surface area contributed by atoms with Crippen molar-refractivity contribution < 1.29 is 28.6 Å². The third kappa shape index (κ3) is 60.4. The molecule has 0 saturated heterocycles. The summed E-state index contributed by atoms with van der Waals surface area (Å²) in [6.45, 7) is 6.68. The smallest absolute Gasteiger partial charge is 0.306 e. The van der Waals surface area contributed by atoms with Crippen LogP contribution in [0.25, 0.3) is 0 Å². The van der Waals surface area contributed by atoms with Gasteiger partial charge in [-0.1, -0.05) is 295 Å². The lowest BCUT2D eigenvalue weighted by atomic mass is 10.0. The number of rotatable bonds is 60. The lowest BCUT2D eigenvalue weighted by Gasteiger charge is -2.18. The largest absolute Gasteiger partial charge is 0.462 e. The topological polar surface area (TPSA) is 78.9 Å². The second kappa shape index (κ2) is 62.2. The van der Waals surface area contributed by atoms with Gasteiger partial charge >= 0.3 is 17.9 Å². The predicted octanol–water partition coefficient (Wildman–Crippen LogP) is 22.0. The van der Waals surface area contributed by atoms with E-state index in [9.17, 15) is 14.4 Å². The molecule has 0 saturated carbocycles. The molecular weight excluding hydrogens is 901 g/mol. The maximum atomic E-state index is 12.9. The SMILES string of the molecule is CCCCCCC/C=C\C/C=C\CCCCCCCCCCCCCCCC(=O)OCC(COC(=O)CCCCCCCCCCCCCC)OC(=O)CCCCCCCCC/C=C\CCCCCCCCC. The molecule has 0 amide bonds. The van der Waals surface area contributed by atoms with Gasteiger partial charge in [0, 0.05) is 19.3 Å². The molecule has 0 N–H and O–H groups in total. The van der Waals surface area contributed by atoms with Gasteiger partial charge in [-0.05, 0) is 77.0 Å². The van der Waals surface area contributed by atoms with Crippen molar-refractivity contribution in [3.05, 3.63) is 36.5 Å². The van der Waals surface area contributed by atoms with Gasteiger partial charge in [-0.15, -0.1) is 0 Å². The van der Waals surface area contributed by atoms with Crippen LogP contribution in [0.15, 0.2) is 36.5 Å². The molecule has 0 radical (unpaired) electrons. The van der Waals surface area contributed by atoms with Crippen LogP contribution in [0.4, 0.5) is 0 Å². The van der Waals surface area contributed by atoms with E-state index in [-0.39, 0.29) is 31.1 Å². The lowest BCUT2D eigenvalue weighted by Crippen LogP contribution is -2.30. The maximum Gasteiger partial charge on any atom is 0.306 e. The molecule has 73 heavy (non-hydrogen) atoms. The van der Waals surface area contributed by atoms with Gasteiger partial charge in [-0.2, -0.15) is 0 Å². The Morgan fingerprint density at radius 2 is 0.493 bits per heavy atom. The maximum absolute atomic E-state index is 12.9. The Hall–Kier alpha value is -2.37. The molecule has 0 aliphatic carbocycles. The van der Waals surface area contributed by atoms with Crippen molar-refractivity contribution in [2.75, 3.05) is 13.2 Å². The second-order valence-electron chi connectivity index (χ2n) is 22.0. The molecule has 0 rings (SSSR count). The van der Waals surface area contributed by atoms with E-state index in [0.29, 0.717) is 19.3 Å². The average Bonchev–Trinajstić information content (AvgIpc) is 3.39. The Bertz CT molecular complexity index is 1220. The van der Waals surface area contributed by atoms with Gasteiger partial charge in [0.2, 0.25) is 0 Å². The number of hydrogen-bond acceptors (Lipinski definition) is 6. The van der Waals surface area contributed by atoms with Crippen molar-refractivity contribution in [3.63, 3.8) is 0 Å². The van der Waals surface area contributed by atoms with E-state index in [0.717, 1.165) is 64.2 Å². The Kier molecular flexibility index (Phi) is 60.2. The zero-order valence-electron chi connectivity index (χ0n) is 49.2. The van der Waals surface area contributed by atoms with Crippen LogP contribution in [0.1, 0.15) is 355 Å². The molecule has 1 atom stereocenters. The fourth-order valence-electron chi connectivity index (χ4n) is 9.71. The van der Waals surface area contributed by atoms with Crippen LogP contribution in [0.5, 0.6) is 0 Å². The van der Waals surface area contributed by atoms with Crippen LogP contribution in [0.3, 0.4) is 0 Å². The summed E-state index contributed by atoms with van der Waals surface area (Å²) in [5.41, 5.74) is 0. The van der Waals surface area contributed by atoms with E-state index < -0.39 is 6.10 Å². The summed E-state index contributed by atoms with van der Waals surface area (Å²) in [7, 11) is 0. The van der Waals surface area contributed by atoms with E-state index >= 15 is 0 Å². The molecule has 6 nitrogen and oxygen atoms in total. The first-order valence-corrected chi connectivity index (χ1v) is 32.5. The number of carbonyl (C=O) groups excluding carboxylic acids is 3. The van der Waals surface area contributed by atoms with Crippen molar-refractivity contribution in [2.45, 2.75) is 361 Å². The normalized spacial score (nSPS) is 12.2. The lowest BCUT2D eigenvalue weighted by molar-refractivity contribution is -0.167. The number of unbranched alkanes of at least 4 members (excludes halogenated alkanes) is 43. The van der Waals surface area contributed by atoms with E-state index in [1.165, 1.54) is 250 Å². The molecule has 0 aromatic rings. The molecule has 0 aliphatic rings. The first-order valence-electron chi connectivity index (χ1n) is 32.5. The Morgan fingerprint density at radius 3 is 0.767 bits per heavy atom. The third-order valence-corrected chi connectivity index (χ3v) is 14.6. The van der Waals surface area contributed by atoms with Crippen LogP contribution in [-0.4, -0.2) is 37.2 Å². The molecule has 6 heteroatoms. The Morgan fingerprint density at radius 1 is 0.274 bits per heavy atom. The fourth-order valence-corrected chi connectivity index (χ4v) is 9.71. The Balaban J connectivity index is 4.24. The summed E-state index contributed by atoms with van der Waals surface area (Å²) in [5, 5.41) is 0. The summed E-state index contributed by atoms with van der Waals surface area (Å²) in [4.78, 5) is 38.3. The second-order valence-corrected chi connectivity index (χ2v) is 22.0. The van der Waals surface area contributed by atoms with Crippen LogP contribution >= 0.6 is 0 Å². The molecule has 0 spiro atoms. The van der Waals surface area contributed by atoms with Crippen LogP contribution in [-0.2, 0) is 28.6 Å². The number of esters is 3.